The fraction of sp³-hybridized carbons (Fsp3) is 0.529. The van der Waals surface area contributed by atoms with Gasteiger partial charge in [-0.1, -0.05) is 36.0 Å². The number of amides is 2. The van der Waals surface area contributed by atoms with Crippen molar-refractivity contribution >= 4 is 35.0 Å². The molecule has 130 valence electrons. The molecule has 0 radical (unpaired) electrons. The standard InChI is InChI=1S/C17H20Cl2N2O3/c18-12-5-6-15(14(19)9-12)24-11-17(23)20-7-8-21(16(22)10-20)13-3-1-2-4-13/h5-6,9,13H,1-4,7-8,10-11H2. The van der Waals surface area contributed by atoms with Gasteiger partial charge >= 0.3 is 0 Å². The van der Waals surface area contributed by atoms with Crippen molar-refractivity contribution in [2.24, 2.45) is 0 Å². The first-order chi connectivity index (χ1) is 11.5. The Morgan fingerprint density at radius 2 is 1.96 bits per heavy atom. The quantitative estimate of drug-likeness (QED) is 0.818. The highest BCUT2D eigenvalue weighted by atomic mass is 35.5. The number of hydrogen-bond donors (Lipinski definition) is 0. The van der Waals surface area contributed by atoms with Gasteiger partial charge in [-0.3, -0.25) is 9.59 Å². The minimum absolute atomic E-state index is 0.0334. The Bertz CT molecular complexity index is 632. The van der Waals surface area contributed by atoms with Crippen molar-refractivity contribution in [2.45, 2.75) is 31.7 Å². The van der Waals surface area contributed by atoms with Crippen LogP contribution in [0, 0.1) is 0 Å². The van der Waals surface area contributed by atoms with Crippen LogP contribution >= 0.6 is 23.2 Å². The van der Waals surface area contributed by atoms with Crippen LogP contribution in [0.1, 0.15) is 25.7 Å². The maximum atomic E-state index is 12.3. The van der Waals surface area contributed by atoms with Crippen LogP contribution in [0.25, 0.3) is 0 Å². The van der Waals surface area contributed by atoms with Gasteiger partial charge in [0.15, 0.2) is 6.61 Å². The maximum Gasteiger partial charge on any atom is 0.261 e. The minimum atomic E-state index is -0.208. The summed E-state index contributed by atoms with van der Waals surface area (Å²) in [5.41, 5.74) is 0. The zero-order valence-corrected chi connectivity index (χ0v) is 14.9. The zero-order chi connectivity index (χ0) is 17.1. The molecule has 1 aliphatic heterocycles. The van der Waals surface area contributed by atoms with Crippen molar-refractivity contribution in [3.8, 4) is 5.75 Å². The first-order valence-corrected chi connectivity index (χ1v) is 8.95. The molecule has 1 heterocycles. The number of halogens is 2. The highest BCUT2D eigenvalue weighted by Gasteiger charge is 2.32. The van der Waals surface area contributed by atoms with Gasteiger partial charge in [-0.25, -0.2) is 0 Å². The van der Waals surface area contributed by atoms with E-state index < -0.39 is 0 Å². The number of carbonyl (C=O) groups excluding carboxylic acids is 2. The molecule has 1 aliphatic carbocycles. The van der Waals surface area contributed by atoms with E-state index in [1.54, 1.807) is 23.1 Å². The van der Waals surface area contributed by atoms with Crippen LogP contribution in [-0.4, -0.2) is 53.9 Å². The summed E-state index contributed by atoms with van der Waals surface area (Å²) < 4.78 is 5.46. The Balaban J connectivity index is 1.52. The summed E-state index contributed by atoms with van der Waals surface area (Å²) in [6.45, 7) is 1.15. The normalized spacial score (nSPS) is 19.0. The summed E-state index contributed by atoms with van der Waals surface area (Å²) in [6, 6.07) is 5.20. The maximum absolute atomic E-state index is 12.3. The van der Waals surface area contributed by atoms with Crippen molar-refractivity contribution in [1.29, 1.82) is 0 Å². The van der Waals surface area contributed by atoms with E-state index >= 15 is 0 Å². The van der Waals surface area contributed by atoms with Gasteiger partial charge in [-0.05, 0) is 31.0 Å². The third-order valence-electron chi connectivity index (χ3n) is 4.62. The van der Waals surface area contributed by atoms with E-state index in [-0.39, 0.29) is 25.0 Å². The van der Waals surface area contributed by atoms with Crippen LogP contribution in [0.3, 0.4) is 0 Å². The lowest BCUT2D eigenvalue weighted by Crippen LogP contribution is -2.55. The van der Waals surface area contributed by atoms with Gasteiger partial charge in [0, 0.05) is 24.2 Å². The van der Waals surface area contributed by atoms with Crippen molar-refractivity contribution in [3.63, 3.8) is 0 Å². The van der Waals surface area contributed by atoms with E-state index in [1.165, 1.54) is 12.8 Å². The fourth-order valence-corrected chi connectivity index (χ4v) is 3.79. The van der Waals surface area contributed by atoms with Gasteiger partial charge in [-0.15, -0.1) is 0 Å². The number of benzene rings is 1. The van der Waals surface area contributed by atoms with Crippen LogP contribution in [-0.2, 0) is 9.59 Å². The molecule has 0 aromatic heterocycles. The number of ether oxygens (including phenoxy) is 1. The Hall–Kier alpha value is -1.46. The smallest absolute Gasteiger partial charge is 0.261 e. The van der Waals surface area contributed by atoms with E-state index in [4.69, 9.17) is 27.9 Å². The van der Waals surface area contributed by atoms with E-state index in [1.807, 2.05) is 4.90 Å². The summed E-state index contributed by atoms with van der Waals surface area (Å²) in [6.07, 6.45) is 4.54. The number of nitrogens with zero attached hydrogens (tertiary/aromatic N) is 2. The lowest BCUT2D eigenvalue weighted by molar-refractivity contribution is -0.148. The summed E-state index contributed by atoms with van der Waals surface area (Å²) in [5, 5.41) is 0.865. The lowest BCUT2D eigenvalue weighted by atomic mass is 10.1. The predicted molar refractivity (Wildman–Crippen MR) is 92.5 cm³/mol. The van der Waals surface area contributed by atoms with Crippen LogP contribution < -0.4 is 4.74 Å². The Morgan fingerprint density at radius 3 is 2.62 bits per heavy atom. The molecule has 2 aliphatic rings. The summed E-state index contributed by atoms with van der Waals surface area (Å²) >= 11 is 11.8. The molecule has 2 amide bonds. The molecule has 0 spiro atoms. The summed E-state index contributed by atoms with van der Waals surface area (Å²) in [4.78, 5) is 28.1. The van der Waals surface area contributed by atoms with Gasteiger partial charge in [0.25, 0.3) is 5.91 Å². The van der Waals surface area contributed by atoms with E-state index in [0.717, 1.165) is 12.8 Å². The molecule has 1 saturated heterocycles. The third-order valence-corrected chi connectivity index (χ3v) is 5.15. The SMILES string of the molecule is O=C(COc1ccc(Cl)cc1Cl)N1CCN(C2CCCC2)C(=O)C1. The van der Waals surface area contributed by atoms with Crippen molar-refractivity contribution in [3.05, 3.63) is 28.2 Å². The second kappa shape index (κ2) is 7.62. The lowest BCUT2D eigenvalue weighted by Gasteiger charge is -2.37. The minimum Gasteiger partial charge on any atom is -0.482 e. The summed E-state index contributed by atoms with van der Waals surface area (Å²) in [5.74, 6) is 0.233. The van der Waals surface area contributed by atoms with E-state index in [2.05, 4.69) is 0 Å². The number of carbonyl (C=O) groups is 2. The van der Waals surface area contributed by atoms with Crippen molar-refractivity contribution in [2.75, 3.05) is 26.2 Å². The summed E-state index contributed by atoms with van der Waals surface area (Å²) in [7, 11) is 0. The van der Waals surface area contributed by atoms with Crippen LogP contribution in [0.15, 0.2) is 18.2 Å². The average Bonchev–Trinajstić information content (AvgIpc) is 3.08. The number of piperazine rings is 1. The second-order valence-electron chi connectivity index (χ2n) is 6.20. The third kappa shape index (κ3) is 3.95. The molecule has 24 heavy (non-hydrogen) atoms. The van der Waals surface area contributed by atoms with Crippen LogP contribution in [0.2, 0.25) is 10.0 Å². The average molecular weight is 371 g/mol. The molecule has 1 saturated carbocycles. The van der Waals surface area contributed by atoms with Gasteiger partial charge in [0.2, 0.25) is 5.91 Å². The monoisotopic (exact) mass is 370 g/mol. The Kier molecular flexibility index (Phi) is 5.51. The largest absolute Gasteiger partial charge is 0.482 e. The van der Waals surface area contributed by atoms with Gasteiger partial charge in [-0.2, -0.15) is 0 Å². The Morgan fingerprint density at radius 1 is 1.21 bits per heavy atom. The molecule has 1 aromatic rings. The molecule has 7 heteroatoms. The van der Waals surface area contributed by atoms with Crippen LogP contribution in [0.4, 0.5) is 0 Å². The molecular weight excluding hydrogens is 351 g/mol. The highest BCUT2D eigenvalue weighted by molar-refractivity contribution is 6.35. The van der Waals surface area contributed by atoms with Crippen LogP contribution in [0.5, 0.6) is 5.75 Å². The molecule has 2 fully saturated rings. The predicted octanol–water partition coefficient (Wildman–Crippen LogP) is 2.99. The van der Waals surface area contributed by atoms with Gasteiger partial charge < -0.3 is 14.5 Å². The van der Waals surface area contributed by atoms with Gasteiger partial charge in [0.1, 0.15) is 5.75 Å². The molecule has 0 N–H and O–H groups in total. The molecule has 0 bridgehead atoms. The Labute approximate surface area is 151 Å². The molecule has 1 aromatic carbocycles. The van der Waals surface area contributed by atoms with E-state index in [9.17, 15) is 9.59 Å². The first kappa shape index (κ1) is 17.4. The number of hydrogen-bond acceptors (Lipinski definition) is 3. The molecule has 3 rings (SSSR count). The number of rotatable bonds is 4. The molecule has 0 atom stereocenters. The molecule has 0 unspecified atom stereocenters. The fourth-order valence-electron chi connectivity index (χ4n) is 3.32. The zero-order valence-electron chi connectivity index (χ0n) is 13.3. The molecular formula is C17H20Cl2N2O3. The molecule has 5 nitrogen and oxygen atoms in total. The van der Waals surface area contributed by atoms with Crippen molar-refractivity contribution in [1.82, 2.24) is 9.80 Å². The second-order valence-corrected chi connectivity index (χ2v) is 7.05. The topological polar surface area (TPSA) is 49.9 Å². The first-order valence-electron chi connectivity index (χ1n) is 8.19. The highest BCUT2D eigenvalue weighted by Crippen LogP contribution is 2.28. The van der Waals surface area contributed by atoms with Gasteiger partial charge in [0.05, 0.1) is 11.6 Å². The van der Waals surface area contributed by atoms with E-state index in [0.29, 0.717) is 34.9 Å². The van der Waals surface area contributed by atoms with Crippen molar-refractivity contribution < 1.29 is 14.3 Å².